The van der Waals surface area contributed by atoms with Crippen LogP contribution in [0.2, 0.25) is 0 Å². The Hall–Kier alpha value is -2.14. The van der Waals surface area contributed by atoms with Gasteiger partial charge in [0.2, 0.25) is 0 Å². The lowest BCUT2D eigenvalue weighted by molar-refractivity contribution is -0.255. The average molecular weight is 286 g/mol. The summed E-state index contributed by atoms with van der Waals surface area (Å²) in [5, 5.41) is 11.2. The molecule has 0 atom stereocenters. The van der Waals surface area contributed by atoms with Crippen molar-refractivity contribution in [3.8, 4) is 0 Å². The molecular weight excluding hydrogens is 274 g/mol. The zero-order valence-corrected chi connectivity index (χ0v) is 11.6. The van der Waals surface area contributed by atoms with E-state index in [1.165, 1.54) is 18.3 Å². The molecule has 0 saturated carbocycles. The van der Waals surface area contributed by atoms with Gasteiger partial charge < -0.3 is 9.90 Å². The molecule has 4 nitrogen and oxygen atoms in total. The molecule has 1 aromatic carbocycles. The number of nitrogens with zero attached hydrogens (tertiary/aromatic N) is 1. The number of carbonyl (C=O) groups excluding carboxylic acids is 2. The Bertz CT molecular complexity index is 638. The van der Waals surface area contributed by atoms with E-state index in [1.807, 2.05) is 19.1 Å². The third-order valence-corrected chi connectivity index (χ3v) is 3.71. The Morgan fingerprint density at radius 3 is 2.55 bits per heavy atom. The van der Waals surface area contributed by atoms with Crippen molar-refractivity contribution < 1.29 is 14.7 Å². The first kappa shape index (κ1) is 14.3. The lowest BCUT2D eigenvalue weighted by atomic mass is 10.1. The maximum absolute atomic E-state index is 12.0. The Morgan fingerprint density at radius 1 is 1.20 bits per heavy atom. The summed E-state index contributed by atoms with van der Waals surface area (Å²) < 4.78 is 0. The number of hydrogen-bond acceptors (Lipinski definition) is 5. The Balaban J connectivity index is 2.07. The summed E-state index contributed by atoms with van der Waals surface area (Å²) in [6.45, 7) is 1.95. The summed E-state index contributed by atoms with van der Waals surface area (Å²) in [6, 6.07) is 10.2. The number of carbonyl (C=O) groups is 2. The lowest BCUT2D eigenvalue weighted by Crippen LogP contribution is -2.23. The molecule has 0 spiro atoms. The molecule has 0 amide bonds. The molecule has 0 aliphatic heterocycles. The van der Waals surface area contributed by atoms with E-state index in [0.29, 0.717) is 10.6 Å². The minimum atomic E-state index is -1.29. The van der Waals surface area contributed by atoms with Crippen LogP contribution in [-0.2, 0) is 0 Å². The summed E-state index contributed by atoms with van der Waals surface area (Å²) in [5.74, 6) is -1.21. The normalized spacial score (nSPS) is 10.2. The molecule has 20 heavy (non-hydrogen) atoms. The molecule has 2 aromatic rings. The second kappa shape index (κ2) is 6.34. The van der Waals surface area contributed by atoms with Crippen molar-refractivity contribution in [2.24, 2.45) is 0 Å². The maximum atomic E-state index is 12.0. The predicted molar refractivity (Wildman–Crippen MR) is 74.8 cm³/mol. The van der Waals surface area contributed by atoms with Crippen LogP contribution in [0.4, 0.5) is 0 Å². The van der Waals surface area contributed by atoms with E-state index < -0.39 is 5.97 Å². The second-order valence-electron chi connectivity index (χ2n) is 4.22. The van der Waals surface area contributed by atoms with Crippen molar-refractivity contribution >= 4 is 23.5 Å². The smallest absolute Gasteiger partial charge is 0.173 e. The Morgan fingerprint density at radius 2 is 1.90 bits per heavy atom. The van der Waals surface area contributed by atoms with Crippen LogP contribution in [0.15, 0.2) is 47.6 Å². The number of aromatic carboxylic acids is 1. The molecule has 0 radical (unpaired) electrons. The number of rotatable bonds is 5. The molecule has 0 bridgehead atoms. The van der Waals surface area contributed by atoms with Crippen molar-refractivity contribution in [3.05, 3.63) is 59.3 Å². The molecule has 1 heterocycles. The van der Waals surface area contributed by atoms with E-state index in [1.54, 1.807) is 12.1 Å². The summed E-state index contributed by atoms with van der Waals surface area (Å²) in [4.78, 5) is 26.9. The minimum absolute atomic E-state index is 0.00852. The number of carboxylic acids is 1. The molecule has 0 aliphatic rings. The van der Waals surface area contributed by atoms with Gasteiger partial charge in [-0.15, -0.1) is 0 Å². The number of pyridine rings is 1. The number of hydrogen-bond donors (Lipinski definition) is 0. The number of aryl methyl sites for hydroxylation is 1. The third-order valence-electron chi connectivity index (χ3n) is 2.70. The van der Waals surface area contributed by atoms with Crippen LogP contribution < -0.4 is 5.11 Å². The first-order valence-corrected chi connectivity index (χ1v) is 6.95. The van der Waals surface area contributed by atoms with Crippen LogP contribution in [-0.4, -0.2) is 22.5 Å². The highest BCUT2D eigenvalue weighted by molar-refractivity contribution is 8.00. The molecule has 0 fully saturated rings. The molecule has 0 saturated heterocycles. The van der Waals surface area contributed by atoms with Crippen molar-refractivity contribution in [2.45, 2.75) is 11.9 Å². The van der Waals surface area contributed by atoms with E-state index in [-0.39, 0.29) is 17.1 Å². The number of thioether (sulfide) groups is 1. The fraction of sp³-hybridized carbons (Fsp3) is 0.133. The highest BCUT2D eigenvalue weighted by Gasteiger charge is 2.10. The SMILES string of the molecule is Cc1ccc(C(=O)CSc2ncccc2C(=O)[O-])cc1. The van der Waals surface area contributed by atoms with E-state index >= 15 is 0 Å². The quantitative estimate of drug-likeness (QED) is 0.618. The first-order valence-electron chi connectivity index (χ1n) is 5.97. The largest absolute Gasteiger partial charge is 0.545 e. The Kier molecular flexibility index (Phi) is 4.53. The number of Topliss-reactive ketones (excluding diaryl/α,β-unsaturated/α-hetero) is 1. The number of aromatic nitrogens is 1. The standard InChI is InChI=1S/C15H13NO3S/c1-10-4-6-11(7-5-10)13(17)9-20-14-12(15(18)19)3-2-8-16-14/h2-8H,9H2,1H3,(H,18,19)/p-1. The van der Waals surface area contributed by atoms with Crippen molar-refractivity contribution in [1.29, 1.82) is 0 Å². The molecule has 2 rings (SSSR count). The van der Waals surface area contributed by atoms with Gasteiger partial charge in [0.15, 0.2) is 5.78 Å². The van der Waals surface area contributed by atoms with Crippen LogP contribution in [0.1, 0.15) is 26.3 Å². The van der Waals surface area contributed by atoms with E-state index in [4.69, 9.17) is 0 Å². The second-order valence-corrected chi connectivity index (χ2v) is 5.19. The Labute approximate surface area is 120 Å². The van der Waals surface area contributed by atoms with Gasteiger partial charge in [-0.2, -0.15) is 0 Å². The lowest BCUT2D eigenvalue weighted by Gasteiger charge is -2.08. The summed E-state index contributed by atoms with van der Waals surface area (Å²) in [5.41, 5.74) is 1.70. The van der Waals surface area contributed by atoms with Gasteiger partial charge in [0, 0.05) is 17.3 Å². The molecule has 5 heteroatoms. The van der Waals surface area contributed by atoms with E-state index in [9.17, 15) is 14.7 Å². The van der Waals surface area contributed by atoms with Gasteiger partial charge in [-0.05, 0) is 19.1 Å². The average Bonchev–Trinajstić information content (AvgIpc) is 2.45. The summed E-state index contributed by atoms with van der Waals surface area (Å²) in [6.07, 6.45) is 1.49. The van der Waals surface area contributed by atoms with Gasteiger partial charge in [0.25, 0.3) is 0 Å². The number of carboxylic acid groups (broad SMARTS) is 1. The van der Waals surface area contributed by atoms with Gasteiger partial charge in [0.05, 0.1) is 11.7 Å². The van der Waals surface area contributed by atoms with E-state index in [2.05, 4.69) is 4.98 Å². The molecule has 0 N–H and O–H groups in total. The fourth-order valence-electron chi connectivity index (χ4n) is 1.62. The van der Waals surface area contributed by atoms with Gasteiger partial charge in [-0.3, -0.25) is 4.79 Å². The van der Waals surface area contributed by atoms with Gasteiger partial charge in [0.1, 0.15) is 5.03 Å². The van der Waals surface area contributed by atoms with Crippen LogP contribution >= 0.6 is 11.8 Å². The minimum Gasteiger partial charge on any atom is -0.545 e. The maximum Gasteiger partial charge on any atom is 0.173 e. The fourth-order valence-corrected chi connectivity index (χ4v) is 2.49. The highest BCUT2D eigenvalue weighted by Crippen LogP contribution is 2.20. The first-order chi connectivity index (χ1) is 9.58. The van der Waals surface area contributed by atoms with Crippen molar-refractivity contribution in [3.63, 3.8) is 0 Å². The predicted octanol–water partition coefficient (Wildman–Crippen LogP) is 1.73. The zero-order chi connectivity index (χ0) is 14.5. The van der Waals surface area contributed by atoms with E-state index in [0.717, 1.165) is 17.3 Å². The summed E-state index contributed by atoms with van der Waals surface area (Å²) >= 11 is 1.10. The van der Waals surface area contributed by atoms with Gasteiger partial charge >= 0.3 is 0 Å². The monoisotopic (exact) mass is 286 g/mol. The van der Waals surface area contributed by atoms with Crippen LogP contribution in [0.25, 0.3) is 0 Å². The van der Waals surface area contributed by atoms with Crippen LogP contribution in [0, 0.1) is 6.92 Å². The van der Waals surface area contributed by atoms with Crippen molar-refractivity contribution in [1.82, 2.24) is 4.98 Å². The molecular formula is C15H12NO3S-. The molecule has 0 aliphatic carbocycles. The third kappa shape index (κ3) is 3.45. The molecule has 0 unspecified atom stereocenters. The molecule has 1 aromatic heterocycles. The van der Waals surface area contributed by atoms with Gasteiger partial charge in [-0.25, -0.2) is 4.98 Å². The van der Waals surface area contributed by atoms with Gasteiger partial charge in [-0.1, -0.05) is 41.6 Å². The number of ketones is 1. The number of benzene rings is 1. The van der Waals surface area contributed by atoms with Crippen LogP contribution in [0.3, 0.4) is 0 Å². The summed E-state index contributed by atoms with van der Waals surface area (Å²) in [7, 11) is 0. The van der Waals surface area contributed by atoms with Crippen LogP contribution in [0.5, 0.6) is 0 Å². The topological polar surface area (TPSA) is 70.1 Å². The zero-order valence-electron chi connectivity index (χ0n) is 10.8. The van der Waals surface area contributed by atoms with Crippen molar-refractivity contribution in [2.75, 3.05) is 5.75 Å². The molecule has 102 valence electrons. The highest BCUT2D eigenvalue weighted by atomic mass is 32.2.